The van der Waals surface area contributed by atoms with Gasteiger partial charge in [0.25, 0.3) is 0 Å². The Morgan fingerprint density at radius 1 is 1.29 bits per heavy atom. The van der Waals surface area contributed by atoms with Gasteiger partial charge in [0.1, 0.15) is 0 Å². The number of rotatable bonds is 3. The van der Waals surface area contributed by atoms with E-state index in [1.807, 2.05) is 0 Å². The first-order chi connectivity index (χ1) is 10.0. The number of hydrogen-bond acceptors (Lipinski definition) is 5. The molecule has 0 saturated heterocycles. The largest absolute Gasteiger partial charge is 0.465 e. The van der Waals surface area contributed by atoms with Crippen molar-refractivity contribution in [1.82, 2.24) is 0 Å². The number of allylic oxidation sites excluding steroid dienone is 1. The van der Waals surface area contributed by atoms with E-state index in [2.05, 4.69) is 0 Å². The number of carbonyl (C=O) groups excluding carboxylic acids is 3. The fourth-order valence-corrected chi connectivity index (χ4v) is 2.38. The lowest BCUT2D eigenvalue weighted by atomic mass is 9.83. The number of Topliss-reactive ketones (excluding diaryl/α,β-unsaturated/α-hetero) is 2. The molecule has 1 aromatic carbocycles. The quantitative estimate of drug-likeness (QED) is 0.800. The molecule has 1 aliphatic rings. The molecule has 1 atom stereocenters. The molecule has 1 unspecified atom stereocenters. The summed E-state index contributed by atoms with van der Waals surface area (Å²) in [6.45, 7) is 1.63. The number of esters is 1. The summed E-state index contributed by atoms with van der Waals surface area (Å²) in [6, 6.07) is 7.80. The molecule has 2 rings (SSSR count). The Labute approximate surface area is 125 Å². The van der Waals surface area contributed by atoms with Gasteiger partial charge >= 0.3 is 5.97 Å². The van der Waals surface area contributed by atoms with E-state index in [0.717, 1.165) is 0 Å². The minimum absolute atomic E-state index is 0.0562. The first-order valence-electron chi connectivity index (χ1n) is 6.17. The molecule has 0 spiro atoms. The van der Waals surface area contributed by atoms with Crippen LogP contribution in [0.2, 0.25) is 0 Å². The Bertz CT molecular complexity index is 715. The molecule has 0 N–H and O–H groups in total. The van der Waals surface area contributed by atoms with Gasteiger partial charge in [-0.25, -0.2) is 0 Å². The number of ketones is 2. The van der Waals surface area contributed by atoms with Gasteiger partial charge in [-0.15, -0.1) is 0 Å². The van der Waals surface area contributed by atoms with Crippen molar-refractivity contribution in [3.63, 3.8) is 0 Å². The van der Waals surface area contributed by atoms with Gasteiger partial charge in [-0.3, -0.25) is 14.4 Å². The first-order valence-corrected chi connectivity index (χ1v) is 6.55. The van der Waals surface area contributed by atoms with Crippen LogP contribution < -0.4 is 0 Å². The molecule has 0 amide bonds. The van der Waals surface area contributed by atoms with Crippen molar-refractivity contribution in [2.75, 3.05) is 6.61 Å². The molecule has 0 bridgehead atoms. The van der Waals surface area contributed by atoms with Gasteiger partial charge in [0, 0.05) is 11.1 Å². The Morgan fingerprint density at radius 3 is 2.38 bits per heavy atom. The number of carbonyl (C=O) groups is 3. The summed E-state index contributed by atoms with van der Waals surface area (Å²) < 4.78 is 4.75. The van der Waals surface area contributed by atoms with Crippen LogP contribution in [-0.4, -0.2) is 24.1 Å². The predicted molar refractivity (Wildman–Crippen MR) is 73.7 cm³/mol. The highest BCUT2D eigenvalue weighted by Gasteiger charge is 2.39. The van der Waals surface area contributed by atoms with Crippen molar-refractivity contribution in [3.05, 3.63) is 46.0 Å². The lowest BCUT2D eigenvalue weighted by Crippen LogP contribution is -2.29. The summed E-state index contributed by atoms with van der Waals surface area (Å²) in [5.41, 5.74) is -0.0236. The van der Waals surface area contributed by atoms with Gasteiger partial charge in [-0.1, -0.05) is 35.9 Å². The molecular formula is C15H10ClNO4. The normalized spacial score (nSPS) is 15.3. The second-order valence-corrected chi connectivity index (χ2v) is 4.62. The van der Waals surface area contributed by atoms with Gasteiger partial charge in [0.05, 0.1) is 23.3 Å². The van der Waals surface area contributed by atoms with Crippen molar-refractivity contribution in [3.8, 4) is 6.07 Å². The summed E-state index contributed by atoms with van der Waals surface area (Å²) >= 11 is 5.92. The zero-order valence-corrected chi connectivity index (χ0v) is 11.8. The zero-order chi connectivity index (χ0) is 15.6. The number of halogens is 1. The van der Waals surface area contributed by atoms with Crippen molar-refractivity contribution in [2.24, 2.45) is 5.92 Å². The fourth-order valence-electron chi connectivity index (χ4n) is 2.08. The van der Waals surface area contributed by atoms with E-state index >= 15 is 0 Å². The zero-order valence-electron chi connectivity index (χ0n) is 11.1. The van der Waals surface area contributed by atoms with Crippen LogP contribution in [0.25, 0.3) is 0 Å². The minimum Gasteiger partial charge on any atom is -0.465 e. The lowest BCUT2D eigenvalue weighted by Gasteiger charge is -2.19. The van der Waals surface area contributed by atoms with Crippen LogP contribution in [0.1, 0.15) is 27.6 Å². The third-order valence-electron chi connectivity index (χ3n) is 3.04. The highest BCUT2D eigenvalue weighted by Crippen LogP contribution is 2.32. The van der Waals surface area contributed by atoms with E-state index in [1.54, 1.807) is 25.1 Å². The smallest absolute Gasteiger partial charge is 0.328 e. The molecule has 106 valence electrons. The molecule has 0 aromatic heterocycles. The maximum atomic E-state index is 12.4. The predicted octanol–water partition coefficient (Wildman–Crippen LogP) is 2.26. The van der Waals surface area contributed by atoms with E-state index in [0.29, 0.717) is 0 Å². The monoisotopic (exact) mass is 303 g/mol. The summed E-state index contributed by atoms with van der Waals surface area (Å²) in [4.78, 5) is 36.4. The maximum Gasteiger partial charge on any atom is 0.328 e. The van der Waals surface area contributed by atoms with Crippen LogP contribution in [0, 0.1) is 17.2 Å². The van der Waals surface area contributed by atoms with Gasteiger partial charge < -0.3 is 4.74 Å². The summed E-state index contributed by atoms with van der Waals surface area (Å²) in [5, 5.41) is 8.73. The highest BCUT2D eigenvalue weighted by molar-refractivity contribution is 6.50. The van der Waals surface area contributed by atoms with E-state index in [4.69, 9.17) is 21.6 Å². The Balaban J connectivity index is 2.56. The summed E-state index contributed by atoms with van der Waals surface area (Å²) in [6.07, 6.45) is 0. The van der Waals surface area contributed by atoms with Crippen LogP contribution in [0.3, 0.4) is 0 Å². The van der Waals surface area contributed by atoms with Crippen molar-refractivity contribution < 1.29 is 19.1 Å². The van der Waals surface area contributed by atoms with Gasteiger partial charge in [0.2, 0.25) is 5.78 Å². The number of nitriles is 1. The molecule has 0 radical (unpaired) electrons. The van der Waals surface area contributed by atoms with Crippen molar-refractivity contribution in [2.45, 2.75) is 6.92 Å². The second kappa shape index (κ2) is 5.90. The molecule has 1 aliphatic carbocycles. The number of benzene rings is 1. The van der Waals surface area contributed by atoms with Crippen LogP contribution in [-0.2, 0) is 9.53 Å². The molecule has 0 aliphatic heterocycles. The third-order valence-corrected chi connectivity index (χ3v) is 3.41. The second-order valence-electron chi connectivity index (χ2n) is 4.25. The van der Waals surface area contributed by atoms with Crippen LogP contribution in [0.5, 0.6) is 0 Å². The first kappa shape index (κ1) is 14.9. The van der Waals surface area contributed by atoms with E-state index < -0.39 is 28.5 Å². The van der Waals surface area contributed by atoms with Crippen molar-refractivity contribution >= 4 is 29.1 Å². The number of ether oxygens (including phenoxy) is 1. The molecule has 0 fully saturated rings. The molecule has 21 heavy (non-hydrogen) atoms. The SMILES string of the molecule is CCOC(=O)C(C#N)C1=C(Cl)C(=O)c2ccccc2C1=O. The lowest BCUT2D eigenvalue weighted by molar-refractivity contribution is -0.144. The van der Waals surface area contributed by atoms with Gasteiger partial charge in [-0.05, 0) is 6.92 Å². The molecule has 5 nitrogen and oxygen atoms in total. The minimum atomic E-state index is -1.51. The number of hydrogen-bond donors (Lipinski definition) is 0. The molecular weight excluding hydrogens is 294 g/mol. The average Bonchev–Trinajstić information content (AvgIpc) is 2.49. The molecule has 1 aromatic rings. The van der Waals surface area contributed by atoms with Crippen LogP contribution in [0.15, 0.2) is 34.9 Å². The van der Waals surface area contributed by atoms with Gasteiger partial charge in [0.15, 0.2) is 11.7 Å². The summed E-state index contributed by atoms with van der Waals surface area (Å²) in [7, 11) is 0. The Kier molecular flexibility index (Phi) is 4.20. The molecule has 0 heterocycles. The topological polar surface area (TPSA) is 84.2 Å². The number of nitrogens with zero attached hydrogens (tertiary/aromatic N) is 1. The maximum absolute atomic E-state index is 12.4. The number of fused-ring (bicyclic) bond motifs is 1. The standard InChI is InChI=1S/C15H10ClNO4/c1-2-21-15(20)10(7-17)11-12(16)14(19)9-6-4-3-5-8(9)13(11)18/h3-6,10H,2H2,1H3. The van der Waals surface area contributed by atoms with Crippen molar-refractivity contribution in [1.29, 1.82) is 5.26 Å². The third kappa shape index (κ3) is 2.46. The van der Waals surface area contributed by atoms with Crippen LogP contribution >= 0.6 is 11.6 Å². The van der Waals surface area contributed by atoms with E-state index in [9.17, 15) is 14.4 Å². The fraction of sp³-hybridized carbons (Fsp3) is 0.200. The average molecular weight is 304 g/mol. The highest BCUT2D eigenvalue weighted by atomic mass is 35.5. The van der Waals surface area contributed by atoms with Gasteiger partial charge in [-0.2, -0.15) is 5.26 Å². The molecule has 6 heteroatoms. The van der Waals surface area contributed by atoms with E-state index in [-0.39, 0.29) is 23.3 Å². The molecule has 0 saturated carbocycles. The van der Waals surface area contributed by atoms with E-state index in [1.165, 1.54) is 12.1 Å². The summed E-state index contributed by atoms with van der Waals surface area (Å²) in [5.74, 6) is -3.59. The van der Waals surface area contributed by atoms with Crippen LogP contribution in [0.4, 0.5) is 0 Å². The Morgan fingerprint density at radius 2 is 1.86 bits per heavy atom. The Hall–Kier alpha value is -2.45.